The Kier molecular flexibility index (Phi) is 14.8. The number of benzene rings is 1. The summed E-state index contributed by atoms with van der Waals surface area (Å²) in [6.45, 7) is 0.441. The second-order valence-corrected chi connectivity index (χ2v) is 10.4. The standard InChI is InChI=1S/C24H31Cl2N3O10S/c1-3-12(22(35)13-4-6-16(21(26)20(13)25)39-9-19(33)34)10-40-11-15(23(36)28-8-18(31)32)29(2)17(30)7-5-14(27)24(37)38/h4,6,12,14-15H,3,5,7-11,27H2,1-2H3,(H,28,36)(H,31,32)(H,33,34)(H,37,38)/t12?,14-,15-/m0/s1. The number of nitrogens with zero attached hydrogens (tertiary/aromatic N) is 1. The first-order valence-corrected chi connectivity index (χ1v) is 13.8. The molecular weight excluding hydrogens is 593 g/mol. The number of hydrogen-bond donors (Lipinski definition) is 5. The number of carboxylic acids is 3. The summed E-state index contributed by atoms with van der Waals surface area (Å²) >= 11 is 13.6. The number of thioether (sulfide) groups is 1. The number of nitrogens with one attached hydrogen (secondary N) is 1. The SMILES string of the molecule is CCC(CSC[C@@H](C(=O)NCC(=O)O)N(C)C(=O)CC[C@H](N)C(=O)O)C(=O)c1ccc(OCC(=O)O)c(Cl)c1Cl. The Balaban J connectivity index is 2.97. The van der Waals surface area contributed by atoms with E-state index < -0.39 is 60.9 Å². The fraction of sp³-hybridized carbons (Fsp3) is 0.500. The van der Waals surface area contributed by atoms with Gasteiger partial charge >= 0.3 is 17.9 Å². The maximum absolute atomic E-state index is 13.2. The van der Waals surface area contributed by atoms with Crippen molar-refractivity contribution in [1.82, 2.24) is 10.2 Å². The van der Waals surface area contributed by atoms with Crippen LogP contribution in [0.5, 0.6) is 5.75 Å². The Bertz CT molecular complexity index is 1120. The summed E-state index contributed by atoms with van der Waals surface area (Å²) in [5, 5.41) is 28.6. The van der Waals surface area contributed by atoms with Crippen LogP contribution >= 0.6 is 35.0 Å². The molecule has 0 aromatic heterocycles. The fourth-order valence-corrected chi connectivity index (χ4v) is 5.16. The topological polar surface area (TPSA) is 214 Å². The van der Waals surface area contributed by atoms with Crippen LogP contribution in [0.25, 0.3) is 0 Å². The van der Waals surface area contributed by atoms with Crippen LogP contribution in [0.4, 0.5) is 0 Å². The number of carboxylic acid groups (broad SMARTS) is 3. The van der Waals surface area contributed by atoms with Crippen molar-refractivity contribution in [2.45, 2.75) is 38.3 Å². The summed E-state index contributed by atoms with van der Waals surface area (Å²) in [6.07, 6.45) is -0.0292. The first-order valence-electron chi connectivity index (χ1n) is 11.9. The zero-order chi connectivity index (χ0) is 30.6. The minimum Gasteiger partial charge on any atom is -0.480 e. The molecule has 222 valence electrons. The van der Waals surface area contributed by atoms with Gasteiger partial charge in [-0.05, 0) is 25.0 Å². The van der Waals surface area contributed by atoms with E-state index in [0.29, 0.717) is 6.42 Å². The van der Waals surface area contributed by atoms with Crippen LogP contribution in [-0.4, -0.2) is 99.5 Å². The van der Waals surface area contributed by atoms with Gasteiger partial charge in [-0.2, -0.15) is 11.8 Å². The van der Waals surface area contributed by atoms with E-state index in [-0.39, 0.29) is 51.5 Å². The fourth-order valence-electron chi connectivity index (χ4n) is 3.29. The molecular formula is C24H31Cl2N3O10S. The molecule has 13 nitrogen and oxygen atoms in total. The van der Waals surface area contributed by atoms with Gasteiger partial charge in [-0.3, -0.25) is 24.0 Å². The second-order valence-electron chi connectivity index (χ2n) is 8.54. The third-order valence-electron chi connectivity index (χ3n) is 5.69. The predicted octanol–water partition coefficient (Wildman–Crippen LogP) is 1.62. The van der Waals surface area contributed by atoms with E-state index >= 15 is 0 Å². The van der Waals surface area contributed by atoms with Gasteiger partial charge in [0.05, 0.1) is 5.02 Å². The molecule has 6 N–H and O–H groups in total. The number of halogens is 2. The summed E-state index contributed by atoms with van der Waals surface area (Å²) in [4.78, 5) is 72.2. The van der Waals surface area contributed by atoms with Crippen molar-refractivity contribution in [3.8, 4) is 5.75 Å². The molecule has 0 aliphatic carbocycles. The number of ketones is 1. The first-order chi connectivity index (χ1) is 18.7. The van der Waals surface area contributed by atoms with Crippen molar-refractivity contribution >= 4 is 70.5 Å². The lowest BCUT2D eigenvalue weighted by Gasteiger charge is -2.28. The Morgan fingerprint density at radius 3 is 2.25 bits per heavy atom. The molecule has 3 atom stereocenters. The summed E-state index contributed by atoms with van der Waals surface area (Å²) < 4.78 is 5.06. The van der Waals surface area contributed by atoms with Crippen LogP contribution in [0.3, 0.4) is 0 Å². The summed E-state index contributed by atoms with van der Waals surface area (Å²) in [7, 11) is 1.33. The highest BCUT2D eigenvalue weighted by atomic mass is 35.5. The van der Waals surface area contributed by atoms with Crippen molar-refractivity contribution < 1.29 is 48.8 Å². The van der Waals surface area contributed by atoms with Crippen LogP contribution in [0, 0.1) is 5.92 Å². The number of Topliss-reactive ketones (excluding diaryl/α,β-unsaturated/α-hetero) is 1. The van der Waals surface area contributed by atoms with Crippen LogP contribution < -0.4 is 15.8 Å². The quantitative estimate of drug-likeness (QED) is 0.147. The molecule has 16 heteroatoms. The molecule has 2 amide bonds. The number of nitrogens with two attached hydrogens (primary N) is 1. The highest BCUT2D eigenvalue weighted by Gasteiger charge is 2.29. The molecule has 0 aliphatic heterocycles. The Morgan fingerprint density at radius 1 is 1.05 bits per heavy atom. The number of carbonyl (C=O) groups is 6. The van der Waals surface area contributed by atoms with E-state index in [4.69, 9.17) is 49.0 Å². The lowest BCUT2D eigenvalue weighted by molar-refractivity contribution is -0.141. The van der Waals surface area contributed by atoms with Crippen LogP contribution in [0.1, 0.15) is 36.5 Å². The van der Waals surface area contributed by atoms with Crippen LogP contribution in [-0.2, 0) is 24.0 Å². The molecule has 0 aliphatic rings. The van der Waals surface area contributed by atoms with Crippen LogP contribution in [0.2, 0.25) is 10.0 Å². The number of carbonyl (C=O) groups excluding carboxylic acids is 3. The van der Waals surface area contributed by atoms with Gasteiger partial charge in [0.15, 0.2) is 12.4 Å². The average molecular weight is 624 g/mol. The second kappa shape index (κ2) is 16.9. The molecule has 1 aromatic rings. The summed E-state index contributed by atoms with van der Waals surface area (Å²) in [6, 6.07) is 0.330. The van der Waals surface area contributed by atoms with E-state index in [2.05, 4.69) is 5.32 Å². The van der Waals surface area contributed by atoms with Gasteiger partial charge in [0.1, 0.15) is 29.4 Å². The van der Waals surface area contributed by atoms with Crippen molar-refractivity contribution in [3.05, 3.63) is 27.7 Å². The lowest BCUT2D eigenvalue weighted by atomic mass is 9.97. The molecule has 1 unspecified atom stereocenters. The van der Waals surface area contributed by atoms with E-state index in [1.165, 1.54) is 30.9 Å². The lowest BCUT2D eigenvalue weighted by Crippen LogP contribution is -2.50. The molecule has 1 aromatic carbocycles. The molecule has 0 spiro atoms. The smallest absolute Gasteiger partial charge is 0.341 e. The summed E-state index contributed by atoms with van der Waals surface area (Å²) in [5.74, 6) is -5.82. The van der Waals surface area contributed by atoms with Crippen LogP contribution in [0.15, 0.2) is 12.1 Å². The Hall–Kier alpha value is -3.07. The van der Waals surface area contributed by atoms with Gasteiger partial charge in [-0.1, -0.05) is 30.1 Å². The molecule has 0 heterocycles. The number of aliphatic carboxylic acids is 3. The van der Waals surface area contributed by atoms with E-state index in [1.54, 1.807) is 6.92 Å². The molecule has 0 saturated carbocycles. The zero-order valence-electron chi connectivity index (χ0n) is 21.7. The molecule has 0 fully saturated rings. The van der Waals surface area contributed by atoms with Crippen molar-refractivity contribution in [3.63, 3.8) is 0 Å². The van der Waals surface area contributed by atoms with Crippen molar-refractivity contribution in [2.24, 2.45) is 11.7 Å². The minimum absolute atomic E-state index is 0.000250. The van der Waals surface area contributed by atoms with Gasteiger partial charge in [-0.15, -0.1) is 0 Å². The predicted molar refractivity (Wildman–Crippen MR) is 147 cm³/mol. The average Bonchev–Trinajstić information content (AvgIpc) is 2.90. The third-order valence-corrected chi connectivity index (χ3v) is 7.74. The monoisotopic (exact) mass is 623 g/mol. The Morgan fingerprint density at radius 2 is 1.70 bits per heavy atom. The molecule has 0 saturated heterocycles. The van der Waals surface area contributed by atoms with Gasteiger partial charge in [0.25, 0.3) is 0 Å². The number of rotatable bonds is 18. The van der Waals surface area contributed by atoms with E-state index in [1.807, 2.05) is 0 Å². The molecule has 1 rings (SSSR count). The highest BCUT2D eigenvalue weighted by molar-refractivity contribution is 7.99. The van der Waals surface area contributed by atoms with E-state index in [9.17, 15) is 28.8 Å². The van der Waals surface area contributed by atoms with Gasteiger partial charge in [0.2, 0.25) is 11.8 Å². The number of hydrogen-bond acceptors (Lipinski definition) is 9. The van der Waals surface area contributed by atoms with Gasteiger partial charge in [-0.25, -0.2) is 4.79 Å². The summed E-state index contributed by atoms with van der Waals surface area (Å²) in [5.41, 5.74) is 5.54. The maximum atomic E-state index is 13.2. The van der Waals surface area contributed by atoms with E-state index in [0.717, 1.165) is 4.90 Å². The molecule has 0 radical (unpaired) electrons. The maximum Gasteiger partial charge on any atom is 0.341 e. The van der Waals surface area contributed by atoms with Crippen molar-refractivity contribution in [1.29, 1.82) is 0 Å². The minimum atomic E-state index is -1.28. The first kappa shape index (κ1) is 35.0. The normalized spacial score (nSPS) is 13.0. The number of amides is 2. The van der Waals surface area contributed by atoms with Crippen molar-refractivity contribution in [2.75, 3.05) is 31.7 Å². The largest absolute Gasteiger partial charge is 0.480 e. The Labute approximate surface area is 244 Å². The third kappa shape index (κ3) is 10.8. The number of likely N-dealkylation sites (N-methyl/N-ethyl adjacent to an activating group) is 1. The van der Waals surface area contributed by atoms with Gasteiger partial charge < -0.3 is 36.0 Å². The highest BCUT2D eigenvalue weighted by Crippen LogP contribution is 2.36. The van der Waals surface area contributed by atoms with Gasteiger partial charge in [0, 0.05) is 36.5 Å². The zero-order valence-corrected chi connectivity index (χ0v) is 24.1. The molecule has 0 bridgehead atoms. The number of ether oxygens (including phenoxy) is 1. The molecule has 40 heavy (non-hydrogen) atoms.